The van der Waals surface area contributed by atoms with Crippen molar-refractivity contribution in [3.05, 3.63) is 131 Å². The fourth-order valence-electron chi connectivity index (χ4n) is 3.74. The van der Waals surface area contributed by atoms with E-state index in [4.69, 9.17) is 20.6 Å². The van der Waals surface area contributed by atoms with E-state index in [9.17, 15) is 14.3 Å². The molecule has 180 valence electrons. The number of halogens is 1. The van der Waals surface area contributed by atoms with Gasteiger partial charge in [0.2, 0.25) is 0 Å². The van der Waals surface area contributed by atoms with Gasteiger partial charge >= 0.3 is 37.4 Å². The molecule has 0 aliphatic heterocycles. The standard InChI is InChI=1S/C28H24ClO5P.Na.H/c29-25-15-11-22(12-16-25)20-24(19-21-7-3-1-4-8-21)28(30)23-13-17-27(18-14-23)34-35(31,32)33-26-9-5-2-6-10-26;;/h1-18,24H,19-20H2,(H,31,32);;/q;+1;-1. The van der Waals surface area contributed by atoms with Crippen LogP contribution in [0.3, 0.4) is 0 Å². The average molecular weight is 531 g/mol. The summed E-state index contributed by atoms with van der Waals surface area (Å²) < 4.78 is 22.6. The molecule has 2 unspecified atom stereocenters. The van der Waals surface area contributed by atoms with Gasteiger partial charge in [0.25, 0.3) is 0 Å². The van der Waals surface area contributed by atoms with Crippen LogP contribution in [0.15, 0.2) is 109 Å². The van der Waals surface area contributed by atoms with Gasteiger partial charge in [-0.05, 0) is 72.5 Å². The van der Waals surface area contributed by atoms with Gasteiger partial charge in [0.05, 0.1) is 0 Å². The first-order valence-corrected chi connectivity index (χ1v) is 12.9. The number of benzene rings is 4. The number of carbonyl (C=O) groups is 1. The molecule has 0 aliphatic carbocycles. The third kappa shape index (κ3) is 8.35. The van der Waals surface area contributed by atoms with E-state index in [1.54, 1.807) is 42.5 Å². The normalized spacial score (nSPS) is 13.1. The quantitative estimate of drug-likeness (QED) is 0.188. The van der Waals surface area contributed by atoms with Crippen molar-refractivity contribution in [1.29, 1.82) is 0 Å². The molecule has 0 fully saturated rings. The zero-order valence-electron chi connectivity index (χ0n) is 20.8. The fraction of sp³-hybridized carbons (Fsp3) is 0.107. The van der Waals surface area contributed by atoms with Crippen molar-refractivity contribution < 1.29 is 54.3 Å². The largest absolute Gasteiger partial charge is 1.00 e. The molecule has 0 bridgehead atoms. The van der Waals surface area contributed by atoms with Crippen LogP contribution in [0.4, 0.5) is 0 Å². The minimum Gasteiger partial charge on any atom is -1.00 e. The molecule has 36 heavy (non-hydrogen) atoms. The molecule has 0 radical (unpaired) electrons. The molecule has 0 saturated heterocycles. The molecule has 8 heteroatoms. The van der Waals surface area contributed by atoms with Crippen LogP contribution < -0.4 is 38.6 Å². The van der Waals surface area contributed by atoms with Crippen LogP contribution in [0.1, 0.15) is 22.9 Å². The van der Waals surface area contributed by atoms with E-state index >= 15 is 0 Å². The van der Waals surface area contributed by atoms with Crippen molar-refractivity contribution in [3.8, 4) is 11.5 Å². The van der Waals surface area contributed by atoms with Crippen molar-refractivity contribution in [3.63, 3.8) is 0 Å². The fourth-order valence-corrected chi connectivity index (χ4v) is 4.68. The maximum absolute atomic E-state index is 13.5. The van der Waals surface area contributed by atoms with Gasteiger partial charge < -0.3 is 10.5 Å². The van der Waals surface area contributed by atoms with Gasteiger partial charge in [-0.15, -0.1) is 0 Å². The van der Waals surface area contributed by atoms with Crippen LogP contribution in [0.2, 0.25) is 5.02 Å². The number of phosphoric ester groups is 1. The Morgan fingerprint density at radius 3 is 1.78 bits per heavy atom. The van der Waals surface area contributed by atoms with Gasteiger partial charge in [0, 0.05) is 16.5 Å². The third-order valence-corrected chi connectivity index (χ3v) is 6.55. The van der Waals surface area contributed by atoms with Crippen molar-refractivity contribution in [2.24, 2.45) is 5.92 Å². The van der Waals surface area contributed by atoms with Crippen LogP contribution in [0, 0.1) is 5.92 Å². The molecular formula is C28H25ClNaO5P. The summed E-state index contributed by atoms with van der Waals surface area (Å²) in [6.07, 6.45) is 1.14. The maximum atomic E-state index is 13.5. The Balaban J connectivity index is 0.00000241. The van der Waals surface area contributed by atoms with E-state index in [0.29, 0.717) is 23.4 Å². The topological polar surface area (TPSA) is 72.8 Å². The van der Waals surface area contributed by atoms with Gasteiger partial charge in [0.15, 0.2) is 5.78 Å². The third-order valence-electron chi connectivity index (χ3n) is 5.41. The molecule has 0 saturated carbocycles. The number of para-hydroxylation sites is 1. The second-order valence-corrected chi connectivity index (χ2v) is 9.81. The molecule has 2 atom stereocenters. The van der Waals surface area contributed by atoms with E-state index in [-0.39, 0.29) is 54.2 Å². The Kier molecular flexibility index (Phi) is 10.4. The second kappa shape index (κ2) is 13.3. The summed E-state index contributed by atoms with van der Waals surface area (Å²) in [7, 11) is -4.39. The molecule has 4 aromatic carbocycles. The van der Waals surface area contributed by atoms with Gasteiger partial charge in [-0.1, -0.05) is 72.3 Å². The molecular weight excluding hydrogens is 506 g/mol. The summed E-state index contributed by atoms with van der Waals surface area (Å²) in [6, 6.07) is 31.8. The first-order chi connectivity index (χ1) is 16.9. The number of hydrogen-bond acceptors (Lipinski definition) is 4. The zero-order valence-corrected chi connectivity index (χ0v) is 23.4. The molecule has 1 N–H and O–H groups in total. The van der Waals surface area contributed by atoms with Crippen LogP contribution in [0.5, 0.6) is 11.5 Å². The van der Waals surface area contributed by atoms with Crippen molar-refractivity contribution in [2.45, 2.75) is 12.8 Å². The van der Waals surface area contributed by atoms with Crippen molar-refractivity contribution in [2.75, 3.05) is 0 Å². The Hall–Kier alpha value is -2.37. The van der Waals surface area contributed by atoms with Crippen LogP contribution >= 0.6 is 19.4 Å². The van der Waals surface area contributed by atoms with Crippen LogP contribution in [-0.4, -0.2) is 10.7 Å². The minimum absolute atomic E-state index is 0. The van der Waals surface area contributed by atoms with E-state index in [1.165, 1.54) is 12.1 Å². The van der Waals surface area contributed by atoms with E-state index in [0.717, 1.165) is 11.1 Å². The predicted molar refractivity (Wildman–Crippen MR) is 138 cm³/mol. The van der Waals surface area contributed by atoms with Gasteiger partial charge in [-0.25, -0.2) is 4.57 Å². The molecule has 0 spiro atoms. The van der Waals surface area contributed by atoms with Crippen LogP contribution in [0.25, 0.3) is 0 Å². The number of rotatable bonds is 10. The first-order valence-electron chi connectivity index (χ1n) is 11.1. The second-order valence-electron chi connectivity index (χ2n) is 8.07. The number of hydrogen-bond donors (Lipinski definition) is 1. The van der Waals surface area contributed by atoms with Gasteiger partial charge in [0.1, 0.15) is 11.5 Å². The van der Waals surface area contributed by atoms with Crippen molar-refractivity contribution >= 4 is 25.2 Å². The summed E-state index contributed by atoms with van der Waals surface area (Å²) in [5.74, 6) is 0.0236. The number of carbonyl (C=O) groups excluding carboxylic acids is 1. The molecule has 0 heterocycles. The summed E-state index contributed by atoms with van der Waals surface area (Å²) in [6.45, 7) is 0. The van der Waals surface area contributed by atoms with Gasteiger partial charge in [-0.3, -0.25) is 9.69 Å². The first kappa shape index (κ1) is 28.2. The summed E-state index contributed by atoms with van der Waals surface area (Å²) in [5, 5.41) is 0.646. The molecule has 0 aliphatic rings. The summed E-state index contributed by atoms with van der Waals surface area (Å²) in [5.41, 5.74) is 2.57. The summed E-state index contributed by atoms with van der Waals surface area (Å²) in [4.78, 5) is 23.5. The number of Topliss-reactive ketones (excluding diaryl/α,β-unsaturated/α-hetero) is 1. The van der Waals surface area contributed by atoms with Crippen LogP contribution in [-0.2, 0) is 17.4 Å². The SMILES string of the molecule is O=C(c1ccc(OP(=O)(O)Oc2ccccc2)cc1)C(Cc1ccccc1)Cc1ccc(Cl)cc1.[H-].[Na+]. The number of ketones is 1. The Morgan fingerprint density at radius 2 is 1.22 bits per heavy atom. The van der Waals surface area contributed by atoms with E-state index in [2.05, 4.69) is 0 Å². The predicted octanol–water partition coefficient (Wildman–Crippen LogP) is 4.30. The molecule has 4 aromatic rings. The van der Waals surface area contributed by atoms with E-state index in [1.807, 2.05) is 54.6 Å². The zero-order chi connectivity index (χ0) is 24.7. The average Bonchev–Trinajstić information content (AvgIpc) is 2.86. The van der Waals surface area contributed by atoms with Gasteiger partial charge in [-0.2, -0.15) is 0 Å². The molecule has 0 amide bonds. The smallest absolute Gasteiger partial charge is 1.00 e. The Bertz CT molecular complexity index is 1310. The molecule has 5 nitrogen and oxygen atoms in total. The molecule has 4 rings (SSSR count). The Morgan fingerprint density at radius 1 is 0.750 bits per heavy atom. The minimum atomic E-state index is -4.39. The Labute approximate surface area is 239 Å². The van der Waals surface area contributed by atoms with Crippen molar-refractivity contribution in [1.82, 2.24) is 0 Å². The summed E-state index contributed by atoms with van der Waals surface area (Å²) >= 11 is 6.02. The number of phosphoric acid groups is 1. The van der Waals surface area contributed by atoms with E-state index < -0.39 is 7.82 Å². The monoisotopic (exact) mass is 530 g/mol. The maximum Gasteiger partial charge on any atom is 1.00 e. The molecule has 0 aromatic heterocycles.